The van der Waals surface area contributed by atoms with Gasteiger partial charge in [-0.05, 0) is 69.8 Å². The molecule has 1 saturated carbocycles. The molecule has 0 unspecified atom stereocenters. The van der Waals surface area contributed by atoms with Gasteiger partial charge in [0.2, 0.25) is 11.8 Å². The minimum atomic E-state index is -1.52. The van der Waals surface area contributed by atoms with Crippen LogP contribution in [0, 0.1) is 11.8 Å². The van der Waals surface area contributed by atoms with E-state index in [0.29, 0.717) is 45.2 Å². The number of imide groups is 1. The predicted octanol–water partition coefficient (Wildman–Crippen LogP) is 6.90. The summed E-state index contributed by atoms with van der Waals surface area (Å²) in [6.45, 7) is 0. The van der Waals surface area contributed by atoms with Crippen molar-refractivity contribution in [2.24, 2.45) is 11.8 Å². The van der Waals surface area contributed by atoms with Gasteiger partial charge < -0.3 is 14.2 Å². The first-order valence-electron chi connectivity index (χ1n) is 16.1. The molecule has 2 bridgehead atoms. The Balaban J connectivity index is 1.55. The summed E-state index contributed by atoms with van der Waals surface area (Å²) in [6, 6.07) is 41.1. The van der Waals surface area contributed by atoms with Crippen LogP contribution in [0.25, 0.3) is 11.1 Å². The minimum Gasteiger partial charge on any atom is -0.497 e. The molecule has 5 aromatic rings. The Morgan fingerprint density at radius 1 is 0.490 bits per heavy atom. The van der Waals surface area contributed by atoms with Crippen LogP contribution < -0.4 is 19.1 Å². The molecule has 0 aromatic heterocycles. The van der Waals surface area contributed by atoms with Crippen molar-refractivity contribution in [2.75, 3.05) is 26.2 Å². The van der Waals surface area contributed by atoms with Gasteiger partial charge in [0.05, 0.1) is 49.7 Å². The van der Waals surface area contributed by atoms with Gasteiger partial charge in [0.1, 0.15) is 17.2 Å². The van der Waals surface area contributed by atoms with E-state index < -0.39 is 34.5 Å². The molecule has 1 saturated heterocycles. The Morgan fingerprint density at radius 3 is 1.31 bits per heavy atom. The highest BCUT2D eigenvalue weighted by Crippen LogP contribution is 2.74. The number of para-hydroxylation sites is 2. The maximum atomic E-state index is 16.1. The number of hydrogen-bond acceptors (Lipinski definition) is 6. The number of allylic oxidation sites excluding steroid dienone is 2. The molecule has 242 valence electrons. The maximum absolute atomic E-state index is 16.1. The Labute approximate surface area is 284 Å². The number of ether oxygens (including phenoxy) is 3. The zero-order valence-electron chi connectivity index (χ0n) is 27.3. The summed E-state index contributed by atoms with van der Waals surface area (Å²) < 4.78 is 16.7. The number of ketones is 1. The van der Waals surface area contributed by atoms with Crippen molar-refractivity contribution in [3.63, 3.8) is 0 Å². The Bertz CT molecular complexity index is 2010. The molecule has 49 heavy (non-hydrogen) atoms. The summed E-state index contributed by atoms with van der Waals surface area (Å²) in [5.41, 5.74) is 1.55. The maximum Gasteiger partial charge on any atom is 0.239 e. The predicted molar refractivity (Wildman–Crippen MR) is 187 cm³/mol. The van der Waals surface area contributed by atoms with Crippen molar-refractivity contribution in [3.8, 4) is 17.2 Å². The number of benzene rings is 5. The molecule has 2 aliphatic carbocycles. The molecular weight excluding hydrogens is 614 g/mol. The van der Waals surface area contributed by atoms with E-state index in [1.807, 2.05) is 109 Å². The molecule has 1 aliphatic heterocycles. The number of Topliss-reactive ketones (excluding diaryl/α,β-unsaturated/α-hetero) is 1. The molecular formula is C42H33NO6. The summed E-state index contributed by atoms with van der Waals surface area (Å²) >= 11 is 0. The molecule has 4 atom stereocenters. The summed E-state index contributed by atoms with van der Waals surface area (Å²) in [6.07, 6.45) is 0. The minimum absolute atomic E-state index is 0.189. The zero-order chi connectivity index (χ0) is 33.9. The van der Waals surface area contributed by atoms with Crippen molar-refractivity contribution in [2.45, 2.75) is 10.8 Å². The van der Waals surface area contributed by atoms with Crippen molar-refractivity contribution < 1.29 is 28.6 Å². The number of carbonyl (C=O) groups excluding carboxylic acids is 3. The van der Waals surface area contributed by atoms with Gasteiger partial charge in [-0.15, -0.1) is 0 Å². The van der Waals surface area contributed by atoms with Crippen LogP contribution in [0.3, 0.4) is 0 Å². The number of fused-ring (bicyclic) bond motifs is 5. The van der Waals surface area contributed by atoms with Gasteiger partial charge in [-0.3, -0.25) is 14.4 Å². The Hall–Kier alpha value is -5.95. The van der Waals surface area contributed by atoms with Gasteiger partial charge in [0, 0.05) is 0 Å². The lowest BCUT2D eigenvalue weighted by atomic mass is 9.59. The molecule has 0 radical (unpaired) electrons. The molecule has 0 N–H and O–H groups in total. The second-order valence-electron chi connectivity index (χ2n) is 12.5. The van der Waals surface area contributed by atoms with Crippen LogP contribution in [0.4, 0.5) is 5.69 Å². The quantitative estimate of drug-likeness (QED) is 0.171. The Kier molecular flexibility index (Phi) is 7.03. The summed E-state index contributed by atoms with van der Waals surface area (Å²) in [7, 11) is 4.72. The molecule has 7 heteroatoms. The van der Waals surface area contributed by atoms with E-state index in [1.165, 1.54) is 12.0 Å². The number of hydrogen-bond donors (Lipinski definition) is 0. The standard InChI is InChI=1S/C42H33NO6/c1-47-30-22-18-26(19-23-30)34-35(27-20-24-31(48-2)25-21-27)42(29-14-8-5-9-15-29)37-36(41(34,40(42)46)28-12-6-4-7-13-28)38(44)43(39(37)45)32-16-10-11-17-33(32)49-3/h4-25,36-37H,1-3H3/t36-,37+,41-,42+. The van der Waals surface area contributed by atoms with Gasteiger partial charge >= 0.3 is 0 Å². The first-order chi connectivity index (χ1) is 23.9. The molecule has 0 spiro atoms. The molecule has 5 aromatic carbocycles. The van der Waals surface area contributed by atoms with E-state index >= 15 is 14.4 Å². The van der Waals surface area contributed by atoms with Gasteiger partial charge in [-0.25, -0.2) is 4.90 Å². The average Bonchev–Trinajstić information content (AvgIpc) is 3.67. The molecule has 1 heterocycles. The lowest BCUT2D eigenvalue weighted by Gasteiger charge is -2.39. The fraction of sp³-hybridized carbons (Fsp3) is 0.167. The zero-order valence-corrected chi connectivity index (χ0v) is 27.3. The smallest absolute Gasteiger partial charge is 0.239 e. The number of rotatable bonds is 8. The third-order valence-corrected chi connectivity index (χ3v) is 10.5. The fourth-order valence-corrected chi connectivity index (χ4v) is 8.69. The summed E-state index contributed by atoms with van der Waals surface area (Å²) in [5, 5.41) is 0. The lowest BCUT2D eigenvalue weighted by molar-refractivity contribution is -0.130. The number of methoxy groups -OCH3 is 3. The third kappa shape index (κ3) is 3.93. The average molecular weight is 648 g/mol. The van der Waals surface area contributed by atoms with E-state index in [-0.39, 0.29) is 5.78 Å². The van der Waals surface area contributed by atoms with Crippen LogP contribution in [0.2, 0.25) is 0 Å². The number of amides is 2. The van der Waals surface area contributed by atoms with Crippen molar-refractivity contribution >= 4 is 34.4 Å². The van der Waals surface area contributed by atoms with Crippen LogP contribution >= 0.6 is 0 Å². The van der Waals surface area contributed by atoms with Crippen LogP contribution in [0.15, 0.2) is 133 Å². The fourth-order valence-electron chi connectivity index (χ4n) is 8.69. The summed E-state index contributed by atoms with van der Waals surface area (Å²) in [5.74, 6) is -1.44. The first kappa shape index (κ1) is 30.4. The monoisotopic (exact) mass is 647 g/mol. The highest BCUT2D eigenvalue weighted by atomic mass is 16.5. The van der Waals surface area contributed by atoms with Crippen LogP contribution in [0.5, 0.6) is 17.2 Å². The van der Waals surface area contributed by atoms with Gasteiger partial charge in [-0.1, -0.05) is 97.1 Å². The normalized spacial score (nSPS) is 24.0. The topological polar surface area (TPSA) is 82.1 Å². The van der Waals surface area contributed by atoms with Gasteiger partial charge in [0.15, 0.2) is 5.78 Å². The second-order valence-corrected chi connectivity index (χ2v) is 12.5. The number of nitrogens with zero attached hydrogens (tertiary/aromatic N) is 1. The third-order valence-electron chi connectivity index (χ3n) is 10.5. The van der Waals surface area contributed by atoms with E-state index in [0.717, 1.165) is 11.1 Å². The van der Waals surface area contributed by atoms with Crippen molar-refractivity contribution in [1.82, 2.24) is 0 Å². The van der Waals surface area contributed by atoms with Gasteiger partial charge in [-0.2, -0.15) is 0 Å². The molecule has 2 fully saturated rings. The molecule has 3 aliphatic rings. The van der Waals surface area contributed by atoms with Gasteiger partial charge in [0.25, 0.3) is 0 Å². The van der Waals surface area contributed by atoms with Crippen LogP contribution in [-0.4, -0.2) is 38.9 Å². The highest BCUT2D eigenvalue weighted by molar-refractivity contribution is 6.39. The van der Waals surface area contributed by atoms with Crippen molar-refractivity contribution in [3.05, 3.63) is 156 Å². The second kappa shape index (κ2) is 11.3. The largest absolute Gasteiger partial charge is 0.497 e. The number of carbonyl (C=O) groups is 3. The van der Waals surface area contributed by atoms with E-state index in [4.69, 9.17) is 14.2 Å². The SMILES string of the molecule is COc1ccc(C2=C(c3ccc(OC)cc3)[C@@]3(c4ccccc4)C(=O)[C@]2(c2ccccc2)[C@@H]2C(=O)N(c4ccccc4OC)C(=O)[C@@H]23)cc1. The van der Waals surface area contributed by atoms with E-state index in [2.05, 4.69) is 0 Å². The molecule has 8 rings (SSSR count). The van der Waals surface area contributed by atoms with Crippen LogP contribution in [0.1, 0.15) is 22.3 Å². The molecule has 7 nitrogen and oxygen atoms in total. The van der Waals surface area contributed by atoms with E-state index in [9.17, 15) is 0 Å². The van der Waals surface area contributed by atoms with Crippen LogP contribution in [-0.2, 0) is 25.2 Å². The van der Waals surface area contributed by atoms with E-state index in [1.54, 1.807) is 38.5 Å². The Morgan fingerprint density at radius 2 is 0.898 bits per heavy atom. The first-order valence-corrected chi connectivity index (χ1v) is 16.1. The molecule has 2 amide bonds. The van der Waals surface area contributed by atoms with Crippen molar-refractivity contribution in [1.29, 1.82) is 0 Å². The summed E-state index contributed by atoms with van der Waals surface area (Å²) in [4.78, 5) is 47.7. The lowest BCUT2D eigenvalue weighted by Crippen LogP contribution is -2.45. The highest BCUT2D eigenvalue weighted by Gasteiger charge is 2.82. The number of anilines is 1.